The van der Waals surface area contributed by atoms with Crippen LogP contribution in [-0.2, 0) is 4.79 Å². The molecule has 0 saturated heterocycles. The number of rotatable bonds is 5. The second-order valence-electron chi connectivity index (χ2n) is 6.95. The summed E-state index contributed by atoms with van der Waals surface area (Å²) in [7, 11) is 0. The molecule has 1 aliphatic heterocycles. The Hall–Kier alpha value is -2.73. The minimum Gasteiger partial charge on any atom is -0.454 e. The van der Waals surface area contributed by atoms with Gasteiger partial charge in [-0.25, -0.2) is 0 Å². The molecule has 4 rings (SSSR count). The van der Waals surface area contributed by atoms with Gasteiger partial charge in [0.2, 0.25) is 18.6 Å². The van der Waals surface area contributed by atoms with Gasteiger partial charge in [0, 0.05) is 5.56 Å². The number of hydrogen-bond acceptors (Lipinski definition) is 8. The molecule has 1 fully saturated rings. The highest BCUT2D eigenvalue weighted by molar-refractivity contribution is 8.00. The lowest BCUT2D eigenvalue weighted by Crippen LogP contribution is -2.50. The fraction of sp³-hybridized carbons (Fsp3) is 0.474. The number of carbonyl (C=O) groups excluding carboxylic acids is 1. The van der Waals surface area contributed by atoms with Crippen molar-refractivity contribution in [2.75, 3.05) is 6.79 Å². The van der Waals surface area contributed by atoms with E-state index < -0.39 is 10.8 Å². The molecule has 1 aromatic heterocycles. The Balaban J connectivity index is 1.40. The number of nitrogens with one attached hydrogen (secondary N) is 1. The summed E-state index contributed by atoms with van der Waals surface area (Å²) in [5.41, 5.74) is -0.0391. The second-order valence-corrected chi connectivity index (χ2v) is 8.24. The summed E-state index contributed by atoms with van der Waals surface area (Å²) in [4.78, 5) is 12.6. The summed E-state index contributed by atoms with van der Waals surface area (Å²) in [6.45, 7) is 1.96. The highest BCUT2D eigenvalue weighted by atomic mass is 32.2. The number of fused-ring (bicyclic) bond motifs is 1. The van der Waals surface area contributed by atoms with Crippen molar-refractivity contribution in [3.63, 3.8) is 0 Å². The molecule has 0 radical (unpaired) electrons. The second kappa shape index (κ2) is 7.72. The molecular weight excluding hydrogens is 380 g/mol. The minimum absolute atomic E-state index is 0.195. The average Bonchev–Trinajstić information content (AvgIpc) is 3.37. The number of carbonyl (C=O) groups is 1. The maximum Gasteiger partial charge on any atom is 0.277 e. The fourth-order valence-electron chi connectivity index (χ4n) is 3.37. The first kappa shape index (κ1) is 18.6. The van der Waals surface area contributed by atoms with Gasteiger partial charge in [-0.15, -0.1) is 10.2 Å². The van der Waals surface area contributed by atoms with Crippen molar-refractivity contribution in [3.8, 4) is 29.0 Å². The molecular formula is C19H20N4O4S. The van der Waals surface area contributed by atoms with Gasteiger partial charge in [0.25, 0.3) is 5.22 Å². The van der Waals surface area contributed by atoms with Crippen LogP contribution in [0, 0.1) is 11.3 Å². The van der Waals surface area contributed by atoms with Gasteiger partial charge in [-0.2, -0.15) is 5.26 Å². The van der Waals surface area contributed by atoms with E-state index in [9.17, 15) is 10.1 Å². The van der Waals surface area contributed by atoms with Gasteiger partial charge in [0.1, 0.15) is 5.54 Å². The van der Waals surface area contributed by atoms with Crippen LogP contribution in [0.2, 0.25) is 0 Å². The van der Waals surface area contributed by atoms with E-state index in [1.54, 1.807) is 19.1 Å². The largest absolute Gasteiger partial charge is 0.454 e. The van der Waals surface area contributed by atoms with E-state index in [0.717, 1.165) is 19.3 Å². The molecule has 1 amide bonds. The van der Waals surface area contributed by atoms with Gasteiger partial charge < -0.3 is 19.2 Å². The van der Waals surface area contributed by atoms with E-state index in [-0.39, 0.29) is 12.7 Å². The molecule has 2 heterocycles. The number of benzene rings is 1. The smallest absolute Gasteiger partial charge is 0.277 e. The Morgan fingerprint density at radius 3 is 2.82 bits per heavy atom. The first-order chi connectivity index (χ1) is 13.6. The van der Waals surface area contributed by atoms with Crippen molar-refractivity contribution < 1.29 is 18.7 Å². The minimum atomic E-state index is -0.753. The van der Waals surface area contributed by atoms with E-state index >= 15 is 0 Å². The van der Waals surface area contributed by atoms with Crippen LogP contribution >= 0.6 is 11.8 Å². The van der Waals surface area contributed by atoms with Gasteiger partial charge in [-0.3, -0.25) is 4.79 Å². The predicted octanol–water partition coefficient (Wildman–Crippen LogP) is 3.29. The zero-order chi connectivity index (χ0) is 19.6. The molecule has 2 aliphatic rings. The molecule has 28 heavy (non-hydrogen) atoms. The van der Waals surface area contributed by atoms with Crippen LogP contribution in [0.15, 0.2) is 27.8 Å². The van der Waals surface area contributed by atoms with E-state index in [2.05, 4.69) is 21.6 Å². The van der Waals surface area contributed by atoms with E-state index in [1.165, 1.54) is 11.8 Å². The molecule has 2 aromatic rings. The number of ether oxygens (including phenoxy) is 2. The van der Waals surface area contributed by atoms with Crippen LogP contribution in [0.3, 0.4) is 0 Å². The van der Waals surface area contributed by atoms with Crippen LogP contribution < -0.4 is 14.8 Å². The molecule has 9 heteroatoms. The van der Waals surface area contributed by atoms with Crippen molar-refractivity contribution in [2.24, 2.45) is 0 Å². The number of nitriles is 1. The number of nitrogens with zero attached hydrogens (tertiary/aromatic N) is 3. The highest BCUT2D eigenvalue weighted by Gasteiger charge is 2.35. The zero-order valence-corrected chi connectivity index (χ0v) is 16.3. The summed E-state index contributed by atoms with van der Waals surface area (Å²) in [6.07, 6.45) is 4.41. The number of aromatic nitrogens is 2. The van der Waals surface area contributed by atoms with Gasteiger partial charge in [0.15, 0.2) is 11.5 Å². The van der Waals surface area contributed by atoms with Gasteiger partial charge >= 0.3 is 0 Å². The standard InChI is InChI=1S/C19H20N4O4S/c1-12(16(24)21-19(10-20)7-3-2-4-8-19)28-18-23-22-17(27-18)13-5-6-14-15(9-13)26-11-25-14/h5-6,9,12H,2-4,7-8,11H2,1H3,(H,21,24). The SMILES string of the molecule is CC(Sc1nnc(-c2ccc3c(c2)OCO3)o1)C(=O)NC1(C#N)CCCCC1. The third kappa shape index (κ3) is 3.78. The molecule has 8 nitrogen and oxygen atoms in total. The van der Waals surface area contributed by atoms with E-state index in [1.807, 2.05) is 6.07 Å². The van der Waals surface area contributed by atoms with Crippen LogP contribution in [0.25, 0.3) is 11.5 Å². The maximum atomic E-state index is 12.6. The summed E-state index contributed by atoms with van der Waals surface area (Å²) in [6, 6.07) is 7.68. The Morgan fingerprint density at radius 2 is 2.04 bits per heavy atom. The zero-order valence-electron chi connectivity index (χ0n) is 15.4. The van der Waals surface area contributed by atoms with Crippen LogP contribution in [0.1, 0.15) is 39.0 Å². The number of amides is 1. The molecule has 1 aromatic carbocycles. The Kier molecular flexibility index (Phi) is 5.13. The quantitative estimate of drug-likeness (QED) is 0.761. The average molecular weight is 400 g/mol. The monoisotopic (exact) mass is 400 g/mol. The van der Waals surface area contributed by atoms with Crippen molar-refractivity contribution in [1.29, 1.82) is 5.26 Å². The third-order valence-electron chi connectivity index (χ3n) is 4.96. The first-order valence-corrected chi connectivity index (χ1v) is 10.1. The lowest BCUT2D eigenvalue weighted by molar-refractivity contribution is -0.122. The van der Waals surface area contributed by atoms with Gasteiger partial charge in [-0.1, -0.05) is 31.0 Å². The van der Waals surface area contributed by atoms with Gasteiger partial charge in [-0.05, 0) is 38.0 Å². The van der Waals surface area contributed by atoms with Crippen LogP contribution in [-0.4, -0.2) is 33.7 Å². The van der Waals surface area contributed by atoms with Crippen molar-refractivity contribution in [2.45, 2.75) is 55.0 Å². The number of hydrogen-bond donors (Lipinski definition) is 1. The third-order valence-corrected chi connectivity index (χ3v) is 5.89. The van der Waals surface area contributed by atoms with Crippen molar-refractivity contribution in [1.82, 2.24) is 15.5 Å². The Labute approximate surface area is 166 Å². The summed E-state index contributed by atoms with van der Waals surface area (Å²) in [5.74, 6) is 1.45. The van der Waals surface area contributed by atoms with E-state index in [0.29, 0.717) is 41.0 Å². The molecule has 1 saturated carbocycles. The van der Waals surface area contributed by atoms with Gasteiger partial charge in [0.05, 0.1) is 11.3 Å². The molecule has 0 spiro atoms. The molecule has 1 N–H and O–H groups in total. The molecule has 1 aliphatic carbocycles. The van der Waals surface area contributed by atoms with Crippen molar-refractivity contribution in [3.05, 3.63) is 18.2 Å². The summed E-state index contributed by atoms with van der Waals surface area (Å²) < 4.78 is 16.3. The fourth-order valence-corrected chi connectivity index (χ4v) is 4.05. The first-order valence-electron chi connectivity index (χ1n) is 9.22. The number of thioether (sulfide) groups is 1. The summed E-state index contributed by atoms with van der Waals surface area (Å²) in [5, 5.41) is 20.4. The molecule has 146 valence electrons. The Morgan fingerprint density at radius 1 is 1.25 bits per heavy atom. The maximum absolute atomic E-state index is 12.6. The molecule has 1 unspecified atom stereocenters. The topological polar surface area (TPSA) is 110 Å². The van der Waals surface area contributed by atoms with Crippen LogP contribution in [0.5, 0.6) is 11.5 Å². The highest BCUT2D eigenvalue weighted by Crippen LogP contribution is 2.36. The summed E-state index contributed by atoms with van der Waals surface area (Å²) >= 11 is 1.17. The Bertz CT molecular complexity index is 917. The lowest BCUT2D eigenvalue weighted by atomic mass is 9.83. The van der Waals surface area contributed by atoms with E-state index in [4.69, 9.17) is 13.9 Å². The molecule has 1 atom stereocenters. The normalized spacial score (nSPS) is 18.3. The van der Waals surface area contributed by atoms with Crippen LogP contribution in [0.4, 0.5) is 0 Å². The lowest BCUT2D eigenvalue weighted by Gasteiger charge is -2.32. The predicted molar refractivity (Wildman–Crippen MR) is 101 cm³/mol. The van der Waals surface area contributed by atoms with Crippen molar-refractivity contribution >= 4 is 17.7 Å². The molecule has 0 bridgehead atoms.